The van der Waals surface area contributed by atoms with Crippen molar-refractivity contribution in [2.45, 2.75) is 39.2 Å². The van der Waals surface area contributed by atoms with Gasteiger partial charge in [-0.15, -0.1) is 11.6 Å². The standard InChI is InChI=1S/C22H27Cl2NO3/c1-4-27-20-19(15(2)23)10-18(24)11-22(20,3)17-12-25(13-17)21(26)28-14-16-8-6-5-7-9-16/h5-10,15,17H,4,11-14H2,1-3H3. The van der Waals surface area contributed by atoms with E-state index in [1.807, 2.05) is 50.3 Å². The van der Waals surface area contributed by atoms with Crippen LogP contribution in [0.2, 0.25) is 0 Å². The Morgan fingerprint density at radius 2 is 2.00 bits per heavy atom. The zero-order valence-electron chi connectivity index (χ0n) is 16.6. The molecule has 0 N–H and O–H groups in total. The third kappa shape index (κ3) is 4.33. The minimum Gasteiger partial charge on any atom is -0.497 e. The average molecular weight is 424 g/mol. The maximum Gasteiger partial charge on any atom is 0.410 e. The number of nitrogens with zero attached hydrogens (tertiary/aromatic N) is 1. The maximum absolute atomic E-state index is 12.4. The summed E-state index contributed by atoms with van der Waals surface area (Å²) in [5.74, 6) is 1.15. The third-order valence-electron chi connectivity index (χ3n) is 5.59. The van der Waals surface area contributed by atoms with Crippen LogP contribution in [0.1, 0.15) is 32.8 Å². The Labute approximate surface area is 177 Å². The summed E-state index contributed by atoms with van der Waals surface area (Å²) in [6.07, 6.45) is 2.33. The van der Waals surface area contributed by atoms with Gasteiger partial charge in [-0.05, 0) is 31.9 Å². The van der Waals surface area contributed by atoms with Crippen LogP contribution in [-0.2, 0) is 16.1 Å². The van der Waals surface area contributed by atoms with Gasteiger partial charge in [0.05, 0.1) is 12.0 Å². The molecule has 0 saturated carbocycles. The van der Waals surface area contributed by atoms with Gasteiger partial charge in [-0.2, -0.15) is 0 Å². The van der Waals surface area contributed by atoms with E-state index in [-0.39, 0.29) is 29.4 Å². The molecule has 1 aliphatic carbocycles. The summed E-state index contributed by atoms with van der Waals surface area (Å²) in [5.41, 5.74) is 1.63. The molecule has 1 aliphatic heterocycles. The van der Waals surface area contributed by atoms with E-state index in [1.54, 1.807) is 4.90 Å². The first-order valence-corrected chi connectivity index (χ1v) is 10.5. The van der Waals surface area contributed by atoms with E-state index >= 15 is 0 Å². The molecule has 1 fully saturated rings. The number of halogens is 2. The molecule has 1 aromatic carbocycles. The van der Waals surface area contributed by atoms with Crippen molar-refractivity contribution < 1.29 is 14.3 Å². The van der Waals surface area contributed by atoms with Crippen molar-refractivity contribution in [3.63, 3.8) is 0 Å². The summed E-state index contributed by atoms with van der Waals surface area (Å²) >= 11 is 12.9. The molecule has 0 bridgehead atoms. The summed E-state index contributed by atoms with van der Waals surface area (Å²) in [7, 11) is 0. The lowest BCUT2D eigenvalue weighted by molar-refractivity contribution is -0.0119. The number of rotatable bonds is 6. The Hall–Kier alpha value is -1.65. The summed E-state index contributed by atoms with van der Waals surface area (Å²) in [5, 5.41) is 0.584. The summed E-state index contributed by atoms with van der Waals surface area (Å²) < 4.78 is 11.5. The fourth-order valence-corrected chi connectivity index (χ4v) is 4.46. The van der Waals surface area contributed by atoms with Gasteiger partial charge in [0.1, 0.15) is 12.4 Å². The Morgan fingerprint density at radius 3 is 2.61 bits per heavy atom. The van der Waals surface area contributed by atoms with Gasteiger partial charge in [-0.3, -0.25) is 0 Å². The lowest BCUT2D eigenvalue weighted by Crippen LogP contribution is -2.57. The molecule has 0 spiro atoms. The van der Waals surface area contributed by atoms with Crippen LogP contribution in [0.4, 0.5) is 4.79 Å². The number of hydrogen-bond donors (Lipinski definition) is 0. The Morgan fingerprint density at radius 1 is 1.32 bits per heavy atom. The number of hydrogen-bond acceptors (Lipinski definition) is 3. The van der Waals surface area contributed by atoms with Crippen LogP contribution < -0.4 is 0 Å². The van der Waals surface area contributed by atoms with E-state index in [1.165, 1.54) is 0 Å². The summed E-state index contributed by atoms with van der Waals surface area (Å²) in [6.45, 7) is 8.14. The van der Waals surface area contributed by atoms with Gasteiger partial charge in [0.2, 0.25) is 0 Å². The summed E-state index contributed by atoms with van der Waals surface area (Å²) in [6, 6.07) is 9.69. The number of carbonyl (C=O) groups excluding carboxylic acids is 1. The molecule has 1 amide bonds. The minimum absolute atomic E-state index is 0.193. The highest BCUT2D eigenvalue weighted by atomic mass is 35.5. The van der Waals surface area contributed by atoms with Gasteiger partial charge in [0.15, 0.2) is 0 Å². The van der Waals surface area contributed by atoms with E-state index < -0.39 is 0 Å². The first-order valence-electron chi connectivity index (χ1n) is 9.68. The van der Waals surface area contributed by atoms with Gasteiger partial charge >= 0.3 is 6.09 Å². The minimum atomic E-state index is -0.283. The number of ether oxygens (including phenoxy) is 2. The van der Waals surface area contributed by atoms with Crippen molar-refractivity contribution in [2.75, 3.05) is 19.7 Å². The van der Waals surface area contributed by atoms with Gasteiger partial charge in [0.25, 0.3) is 0 Å². The smallest absolute Gasteiger partial charge is 0.410 e. The molecule has 4 nitrogen and oxygen atoms in total. The number of amides is 1. The predicted octanol–water partition coefficient (Wildman–Crippen LogP) is 5.71. The SMILES string of the molecule is CCOC1=C(C(C)Cl)C=C(Cl)CC1(C)C1CN(C(=O)OCc2ccccc2)C1. The number of carbonyl (C=O) groups is 1. The number of benzene rings is 1. The molecule has 1 saturated heterocycles. The number of likely N-dealkylation sites (tertiary alicyclic amines) is 1. The molecule has 152 valence electrons. The fourth-order valence-electron chi connectivity index (χ4n) is 3.91. The largest absolute Gasteiger partial charge is 0.497 e. The van der Waals surface area contributed by atoms with Crippen molar-refractivity contribution in [1.29, 1.82) is 0 Å². The summed E-state index contributed by atoms with van der Waals surface area (Å²) in [4.78, 5) is 14.1. The molecular weight excluding hydrogens is 397 g/mol. The van der Waals surface area contributed by atoms with E-state index in [0.717, 1.165) is 21.9 Å². The van der Waals surface area contributed by atoms with Crippen molar-refractivity contribution >= 4 is 29.3 Å². The first-order chi connectivity index (χ1) is 13.3. The fraction of sp³-hybridized carbons (Fsp3) is 0.500. The Bertz CT molecular complexity index is 769. The second-order valence-electron chi connectivity index (χ2n) is 7.66. The molecule has 3 rings (SSSR count). The molecule has 0 radical (unpaired) electrons. The van der Waals surface area contributed by atoms with Crippen LogP contribution in [0.5, 0.6) is 0 Å². The Kier molecular flexibility index (Phi) is 6.61. The van der Waals surface area contributed by atoms with Crippen LogP contribution in [0.15, 0.2) is 52.8 Å². The topological polar surface area (TPSA) is 38.8 Å². The molecule has 1 aromatic rings. The molecular formula is C22H27Cl2NO3. The number of allylic oxidation sites excluding steroid dienone is 4. The quantitative estimate of drug-likeness (QED) is 0.550. The molecule has 0 aromatic heterocycles. The zero-order valence-corrected chi connectivity index (χ0v) is 18.1. The highest BCUT2D eigenvalue weighted by Gasteiger charge is 2.49. The molecule has 6 heteroatoms. The van der Waals surface area contributed by atoms with E-state index in [4.69, 9.17) is 32.7 Å². The van der Waals surface area contributed by atoms with Crippen LogP contribution >= 0.6 is 23.2 Å². The first kappa shape index (κ1) is 21.1. The highest BCUT2D eigenvalue weighted by molar-refractivity contribution is 6.30. The van der Waals surface area contributed by atoms with Gasteiger partial charge in [0, 0.05) is 35.0 Å². The second kappa shape index (κ2) is 8.79. The van der Waals surface area contributed by atoms with Crippen molar-refractivity contribution in [3.05, 3.63) is 58.3 Å². The van der Waals surface area contributed by atoms with Gasteiger partial charge in [-0.25, -0.2) is 4.79 Å². The van der Waals surface area contributed by atoms with Crippen molar-refractivity contribution in [3.8, 4) is 0 Å². The maximum atomic E-state index is 12.4. The third-order valence-corrected chi connectivity index (χ3v) is 6.07. The van der Waals surface area contributed by atoms with Crippen molar-refractivity contribution in [2.24, 2.45) is 11.3 Å². The Balaban J connectivity index is 1.66. The van der Waals surface area contributed by atoms with Gasteiger partial charge < -0.3 is 14.4 Å². The molecule has 2 aliphatic rings. The normalized spacial score (nSPS) is 23.8. The van der Waals surface area contributed by atoms with Crippen molar-refractivity contribution in [1.82, 2.24) is 4.90 Å². The van der Waals surface area contributed by atoms with E-state index in [9.17, 15) is 4.79 Å². The van der Waals surface area contributed by atoms with Crippen LogP contribution in [0, 0.1) is 11.3 Å². The predicted molar refractivity (Wildman–Crippen MR) is 112 cm³/mol. The zero-order chi connectivity index (χ0) is 20.3. The molecule has 2 atom stereocenters. The molecule has 1 heterocycles. The van der Waals surface area contributed by atoms with Crippen LogP contribution in [0.25, 0.3) is 0 Å². The average Bonchev–Trinajstić information content (AvgIpc) is 2.61. The highest BCUT2D eigenvalue weighted by Crippen LogP contribution is 2.51. The number of alkyl halides is 1. The molecule has 28 heavy (non-hydrogen) atoms. The van der Waals surface area contributed by atoms with E-state index in [2.05, 4.69) is 6.92 Å². The lowest BCUT2D eigenvalue weighted by atomic mass is 9.66. The monoisotopic (exact) mass is 423 g/mol. The molecule has 2 unspecified atom stereocenters. The van der Waals surface area contributed by atoms with Gasteiger partial charge in [-0.1, -0.05) is 48.9 Å². The lowest BCUT2D eigenvalue weighted by Gasteiger charge is -2.50. The van der Waals surface area contributed by atoms with Crippen LogP contribution in [0.3, 0.4) is 0 Å². The van der Waals surface area contributed by atoms with E-state index in [0.29, 0.717) is 26.1 Å². The second-order valence-corrected chi connectivity index (χ2v) is 8.80. The van der Waals surface area contributed by atoms with Crippen LogP contribution in [-0.4, -0.2) is 36.1 Å².